The van der Waals surface area contributed by atoms with Crippen LogP contribution in [0.5, 0.6) is 5.75 Å². The van der Waals surface area contributed by atoms with Crippen LogP contribution >= 0.6 is 11.8 Å². The van der Waals surface area contributed by atoms with Gasteiger partial charge in [0.25, 0.3) is 5.56 Å². The third-order valence-electron chi connectivity index (χ3n) is 8.55. The summed E-state index contributed by atoms with van der Waals surface area (Å²) >= 11 is 1.75. The fourth-order valence-electron chi connectivity index (χ4n) is 6.31. The summed E-state index contributed by atoms with van der Waals surface area (Å²) in [6.45, 7) is 6.35. The van der Waals surface area contributed by atoms with E-state index in [2.05, 4.69) is 4.90 Å². The SMILES string of the molecule is CC(=O)Oc1ccc(CN2CC(C(=O)N3CCc4nc(SC5CCCCC5)n(-c5ccccc5)c(=O)c4C3)C2)cc1C. The maximum atomic E-state index is 14.0. The maximum Gasteiger partial charge on any atom is 0.308 e. The highest BCUT2D eigenvalue weighted by molar-refractivity contribution is 7.99. The third-order valence-corrected chi connectivity index (χ3v) is 9.84. The molecule has 0 spiro atoms. The first-order valence-electron chi connectivity index (χ1n) is 15.0. The number of likely N-dealkylation sites (tertiary alicyclic amines) is 1. The number of benzene rings is 2. The smallest absolute Gasteiger partial charge is 0.308 e. The molecule has 1 amide bonds. The van der Waals surface area contributed by atoms with E-state index in [0.29, 0.717) is 49.2 Å². The van der Waals surface area contributed by atoms with E-state index in [9.17, 15) is 14.4 Å². The summed E-state index contributed by atoms with van der Waals surface area (Å²) in [6, 6.07) is 15.6. The monoisotopic (exact) mass is 586 g/mol. The zero-order valence-electron chi connectivity index (χ0n) is 24.4. The van der Waals surface area contributed by atoms with Crippen molar-refractivity contribution >= 4 is 23.6 Å². The second-order valence-electron chi connectivity index (χ2n) is 11.8. The van der Waals surface area contributed by atoms with Gasteiger partial charge in [0.15, 0.2) is 5.16 Å². The molecule has 1 saturated heterocycles. The number of hydrogen-bond acceptors (Lipinski definition) is 7. The minimum Gasteiger partial charge on any atom is -0.426 e. The molecule has 2 fully saturated rings. The van der Waals surface area contributed by atoms with Gasteiger partial charge in [-0.1, -0.05) is 61.4 Å². The summed E-state index contributed by atoms with van der Waals surface area (Å²) in [5.74, 6) is 0.292. The van der Waals surface area contributed by atoms with Gasteiger partial charge in [-0.3, -0.25) is 23.9 Å². The first-order valence-corrected chi connectivity index (χ1v) is 15.9. The van der Waals surface area contributed by atoms with Crippen molar-refractivity contribution in [1.82, 2.24) is 19.4 Å². The molecule has 3 heterocycles. The quantitative estimate of drug-likeness (QED) is 0.221. The third kappa shape index (κ3) is 6.17. The van der Waals surface area contributed by atoms with Gasteiger partial charge in [-0.15, -0.1) is 0 Å². The molecule has 0 N–H and O–H groups in total. The summed E-state index contributed by atoms with van der Waals surface area (Å²) in [5.41, 5.74) is 4.30. The molecule has 0 atom stereocenters. The van der Waals surface area contributed by atoms with Gasteiger partial charge in [-0.25, -0.2) is 4.98 Å². The lowest BCUT2D eigenvalue weighted by atomic mass is 9.95. The Morgan fingerprint density at radius 3 is 2.52 bits per heavy atom. The number of aryl methyl sites for hydroxylation is 1. The number of ether oxygens (including phenoxy) is 1. The highest BCUT2D eigenvalue weighted by atomic mass is 32.2. The Morgan fingerprint density at radius 2 is 1.81 bits per heavy atom. The molecule has 1 aromatic heterocycles. The second-order valence-corrected chi connectivity index (χ2v) is 13.0. The van der Waals surface area contributed by atoms with E-state index in [-0.39, 0.29) is 23.4 Å². The average Bonchev–Trinajstić information content (AvgIpc) is 2.96. The zero-order valence-corrected chi connectivity index (χ0v) is 25.2. The van der Waals surface area contributed by atoms with Crippen molar-refractivity contribution in [2.24, 2.45) is 5.92 Å². The molecule has 8 nitrogen and oxygen atoms in total. The Bertz CT molecular complexity index is 1530. The van der Waals surface area contributed by atoms with Crippen LogP contribution in [0.15, 0.2) is 58.5 Å². The Labute approximate surface area is 251 Å². The van der Waals surface area contributed by atoms with Crippen LogP contribution in [0.3, 0.4) is 0 Å². The van der Waals surface area contributed by atoms with Crippen LogP contribution in [0.1, 0.15) is 61.4 Å². The van der Waals surface area contributed by atoms with Crippen molar-refractivity contribution in [3.8, 4) is 11.4 Å². The number of fused-ring (bicyclic) bond motifs is 1. The molecule has 0 unspecified atom stereocenters. The summed E-state index contributed by atoms with van der Waals surface area (Å²) in [7, 11) is 0. The topological polar surface area (TPSA) is 84.7 Å². The number of amides is 1. The van der Waals surface area contributed by atoms with Gasteiger partial charge < -0.3 is 9.64 Å². The van der Waals surface area contributed by atoms with E-state index < -0.39 is 0 Å². The van der Waals surface area contributed by atoms with E-state index in [1.807, 2.05) is 60.4 Å². The van der Waals surface area contributed by atoms with Crippen LogP contribution in [-0.4, -0.2) is 56.1 Å². The number of esters is 1. The molecular formula is C33H38N4O4S. The highest BCUT2D eigenvalue weighted by Gasteiger charge is 2.37. The molecule has 2 aromatic carbocycles. The molecule has 42 heavy (non-hydrogen) atoms. The molecule has 3 aliphatic rings. The van der Waals surface area contributed by atoms with Crippen molar-refractivity contribution in [2.45, 2.75) is 75.9 Å². The summed E-state index contributed by atoms with van der Waals surface area (Å²) in [6.07, 6.45) is 6.67. The molecule has 1 saturated carbocycles. The van der Waals surface area contributed by atoms with Gasteiger partial charge in [0, 0.05) is 44.8 Å². The summed E-state index contributed by atoms with van der Waals surface area (Å²) in [4.78, 5) is 47.9. The first kappa shape index (κ1) is 28.7. The van der Waals surface area contributed by atoms with Gasteiger partial charge in [0.05, 0.1) is 29.4 Å². The standard InChI is InChI=1S/C33H38N4O4S/c1-22-17-24(13-14-30(22)41-23(2)38)18-35-19-25(20-35)31(39)36-16-15-29-28(21-36)32(40)37(26-9-5-3-6-10-26)33(34-29)42-27-11-7-4-8-12-27/h3,5-6,9-10,13-14,17,25,27H,4,7-8,11-12,15-16,18-21H2,1-2H3. The van der Waals surface area contributed by atoms with E-state index in [1.165, 1.54) is 26.2 Å². The van der Waals surface area contributed by atoms with E-state index in [4.69, 9.17) is 9.72 Å². The minimum absolute atomic E-state index is 0.0511. The fourth-order valence-corrected chi connectivity index (χ4v) is 7.63. The molecule has 0 bridgehead atoms. The normalized spacial score (nSPS) is 17.9. The predicted molar refractivity (Wildman–Crippen MR) is 163 cm³/mol. The number of rotatable bonds is 7. The number of aromatic nitrogens is 2. The summed E-state index contributed by atoms with van der Waals surface area (Å²) in [5, 5.41) is 1.26. The van der Waals surface area contributed by atoms with Crippen LogP contribution in [0.25, 0.3) is 5.69 Å². The lowest BCUT2D eigenvalue weighted by molar-refractivity contribution is -0.142. The van der Waals surface area contributed by atoms with Gasteiger partial charge in [-0.05, 0) is 49.1 Å². The van der Waals surface area contributed by atoms with Crippen molar-refractivity contribution < 1.29 is 14.3 Å². The van der Waals surface area contributed by atoms with E-state index in [0.717, 1.165) is 47.1 Å². The maximum absolute atomic E-state index is 14.0. The van der Waals surface area contributed by atoms with Crippen LogP contribution in [0.2, 0.25) is 0 Å². The summed E-state index contributed by atoms with van der Waals surface area (Å²) < 4.78 is 7.01. The molecule has 1 aliphatic carbocycles. The minimum atomic E-state index is -0.330. The Hall–Kier alpha value is -3.43. The number of para-hydroxylation sites is 1. The Balaban J connectivity index is 1.14. The number of thioether (sulfide) groups is 1. The second kappa shape index (κ2) is 12.4. The van der Waals surface area contributed by atoms with Crippen LogP contribution in [0, 0.1) is 12.8 Å². The molecule has 0 radical (unpaired) electrons. The molecule has 9 heteroatoms. The van der Waals surface area contributed by atoms with Gasteiger partial charge >= 0.3 is 5.97 Å². The number of nitrogens with zero attached hydrogens (tertiary/aromatic N) is 4. The molecule has 6 rings (SSSR count). The van der Waals surface area contributed by atoms with Crippen molar-refractivity contribution in [2.75, 3.05) is 19.6 Å². The molecule has 220 valence electrons. The first-order chi connectivity index (χ1) is 20.4. The van der Waals surface area contributed by atoms with Crippen LogP contribution < -0.4 is 10.3 Å². The van der Waals surface area contributed by atoms with Crippen molar-refractivity contribution in [1.29, 1.82) is 0 Å². The van der Waals surface area contributed by atoms with Crippen LogP contribution in [-0.2, 0) is 29.1 Å². The highest BCUT2D eigenvalue weighted by Crippen LogP contribution is 2.34. The van der Waals surface area contributed by atoms with Crippen molar-refractivity contribution in [3.05, 3.63) is 81.3 Å². The number of hydrogen-bond donors (Lipinski definition) is 0. The lowest BCUT2D eigenvalue weighted by Gasteiger charge is -2.41. The van der Waals surface area contributed by atoms with Gasteiger partial charge in [-0.2, -0.15) is 0 Å². The Kier molecular flexibility index (Phi) is 8.49. The molecule has 2 aliphatic heterocycles. The largest absolute Gasteiger partial charge is 0.426 e. The lowest BCUT2D eigenvalue weighted by Crippen LogP contribution is -2.55. The van der Waals surface area contributed by atoms with Crippen molar-refractivity contribution in [3.63, 3.8) is 0 Å². The average molecular weight is 587 g/mol. The number of carbonyl (C=O) groups excluding carboxylic acids is 2. The van der Waals surface area contributed by atoms with E-state index in [1.54, 1.807) is 16.3 Å². The molecule has 3 aromatic rings. The van der Waals surface area contributed by atoms with Gasteiger partial charge in [0.2, 0.25) is 5.91 Å². The van der Waals surface area contributed by atoms with Crippen LogP contribution in [0.4, 0.5) is 0 Å². The van der Waals surface area contributed by atoms with Gasteiger partial charge in [0.1, 0.15) is 5.75 Å². The zero-order chi connectivity index (χ0) is 29.2. The fraction of sp³-hybridized carbons (Fsp3) is 0.455. The Morgan fingerprint density at radius 1 is 1.05 bits per heavy atom. The number of carbonyl (C=O) groups is 2. The molecular weight excluding hydrogens is 548 g/mol. The predicted octanol–water partition coefficient (Wildman–Crippen LogP) is 4.91. The van der Waals surface area contributed by atoms with E-state index >= 15 is 0 Å².